The number of carbonyl (C=O) groups excluding carboxylic acids is 1. The van der Waals surface area contributed by atoms with Crippen LogP contribution in [0.3, 0.4) is 0 Å². The molecule has 0 aromatic carbocycles. The number of hydrogen-bond donors (Lipinski definition) is 4. The maximum absolute atomic E-state index is 13.0. The highest BCUT2D eigenvalue weighted by molar-refractivity contribution is 7.80. The average Bonchev–Trinajstić information content (AvgIpc) is 3.36. The molecule has 0 saturated carbocycles. The minimum Gasteiger partial charge on any atom is -0.457 e. The fourth-order valence-electron chi connectivity index (χ4n) is 8.97. The molecule has 6 unspecified atom stereocenters. The van der Waals surface area contributed by atoms with Crippen LogP contribution in [0.2, 0.25) is 0 Å². The van der Waals surface area contributed by atoms with E-state index in [4.69, 9.17) is 18.9 Å². The molecule has 4 N–H and O–H groups in total. The molecule has 1 aliphatic heterocycles. The van der Waals surface area contributed by atoms with Crippen LogP contribution >= 0.6 is 0 Å². The summed E-state index contributed by atoms with van der Waals surface area (Å²) >= 11 is 0. The van der Waals surface area contributed by atoms with Crippen molar-refractivity contribution in [3.63, 3.8) is 0 Å². The smallest absolute Gasteiger partial charge is 0.397 e. The van der Waals surface area contributed by atoms with Crippen molar-refractivity contribution < 1.29 is 56.2 Å². The van der Waals surface area contributed by atoms with Gasteiger partial charge in [0.15, 0.2) is 6.29 Å². The minimum atomic E-state index is -5.07. The summed E-state index contributed by atoms with van der Waals surface area (Å²) < 4.78 is 59.4. The molecule has 0 amide bonds. The van der Waals surface area contributed by atoms with Gasteiger partial charge in [0.2, 0.25) is 0 Å². The molecule has 0 aromatic rings. The van der Waals surface area contributed by atoms with Crippen LogP contribution in [0.15, 0.2) is 48.6 Å². The molecular weight excluding hydrogens is 933 g/mol. The highest BCUT2D eigenvalue weighted by Crippen LogP contribution is 2.26. The van der Waals surface area contributed by atoms with Crippen molar-refractivity contribution in [2.45, 2.75) is 295 Å². The lowest BCUT2D eigenvalue weighted by Gasteiger charge is -2.41. The molecule has 1 aliphatic rings. The number of aliphatic hydroxyl groups is 3. The van der Waals surface area contributed by atoms with Gasteiger partial charge in [-0.2, -0.15) is 8.42 Å². The number of allylic oxidation sites excluding steroid dienone is 8. The predicted octanol–water partition coefficient (Wildman–Crippen LogP) is 14.6. The van der Waals surface area contributed by atoms with Gasteiger partial charge in [0.05, 0.1) is 19.8 Å². The van der Waals surface area contributed by atoms with Crippen LogP contribution in [0.5, 0.6) is 0 Å². The molecule has 1 saturated heterocycles. The summed E-state index contributed by atoms with van der Waals surface area (Å²) in [5.41, 5.74) is 0. The molecule has 1 fully saturated rings. The van der Waals surface area contributed by atoms with Crippen molar-refractivity contribution in [1.29, 1.82) is 0 Å². The van der Waals surface area contributed by atoms with E-state index < -0.39 is 59.8 Å². The molecular formula is C59H108O12S. The Morgan fingerprint density at radius 2 is 0.917 bits per heavy atom. The molecule has 12 nitrogen and oxygen atoms in total. The average molecular weight is 1040 g/mol. The fourth-order valence-corrected chi connectivity index (χ4v) is 9.48. The molecule has 0 aliphatic carbocycles. The molecule has 1 heterocycles. The van der Waals surface area contributed by atoms with Gasteiger partial charge in [-0.25, -0.2) is 4.18 Å². The summed E-state index contributed by atoms with van der Waals surface area (Å²) in [6, 6.07) is 0. The number of carbonyl (C=O) groups is 1. The Morgan fingerprint density at radius 1 is 0.528 bits per heavy atom. The number of ether oxygens (including phenoxy) is 4. The number of aliphatic hydroxyl groups excluding tert-OH is 3. The Morgan fingerprint density at radius 3 is 1.35 bits per heavy atom. The number of rotatable bonds is 52. The molecule has 422 valence electrons. The Bertz CT molecular complexity index is 1430. The van der Waals surface area contributed by atoms with E-state index in [0.29, 0.717) is 13.0 Å². The van der Waals surface area contributed by atoms with Gasteiger partial charge in [-0.3, -0.25) is 9.35 Å². The Kier molecular flexibility index (Phi) is 47.2. The predicted molar refractivity (Wildman–Crippen MR) is 294 cm³/mol. The largest absolute Gasteiger partial charge is 0.457 e. The number of esters is 1. The van der Waals surface area contributed by atoms with Crippen LogP contribution < -0.4 is 0 Å². The van der Waals surface area contributed by atoms with Gasteiger partial charge in [-0.15, -0.1) is 0 Å². The van der Waals surface area contributed by atoms with Crippen LogP contribution in [0.25, 0.3) is 0 Å². The maximum Gasteiger partial charge on any atom is 0.397 e. The topological polar surface area (TPSA) is 178 Å². The first-order chi connectivity index (χ1) is 35.1. The van der Waals surface area contributed by atoms with Gasteiger partial charge < -0.3 is 34.3 Å². The SMILES string of the molecule is CCCCCCC/C=C\C/C=C\C/C=C\CCCCCCCCC(=O)OC(COCCCCCCCCCCCCCC/C=C\CCCCCCCCCC)COC1OC(CO)C(O)C(OS(=O)(=O)O)C1O. The molecule has 6 atom stereocenters. The summed E-state index contributed by atoms with van der Waals surface area (Å²) in [7, 11) is -5.07. The van der Waals surface area contributed by atoms with Crippen molar-refractivity contribution in [1.82, 2.24) is 0 Å². The second-order valence-corrected chi connectivity index (χ2v) is 21.3. The lowest BCUT2D eigenvalue weighted by molar-refractivity contribution is -0.301. The fraction of sp³-hybridized carbons (Fsp3) is 0.847. The normalized spacial score (nSPS) is 19.2. The second kappa shape index (κ2) is 49.9. The van der Waals surface area contributed by atoms with Crippen LogP contribution in [0, 0.1) is 0 Å². The molecule has 1 rings (SSSR count). The van der Waals surface area contributed by atoms with E-state index in [1.54, 1.807) is 0 Å². The first kappa shape index (κ1) is 68.1. The van der Waals surface area contributed by atoms with Gasteiger partial charge >= 0.3 is 16.4 Å². The Balaban J connectivity index is 2.30. The molecule has 0 bridgehead atoms. The van der Waals surface area contributed by atoms with Crippen LogP contribution in [0.4, 0.5) is 0 Å². The third-order valence-electron chi connectivity index (χ3n) is 13.4. The van der Waals surface area contributed by atoms with Crippen molar-refractivity contribution in [2.24, 2.45) is 0 Å². The molecule has 0 spiro atoms. The van der Waals surface area contributed by atoms with E-state index in [0.717, 1.165) is 70.6 Å². The second-order valence-electron chi connectivity index (χ2n) is 20.2. The van der Waals surface area contributed by atoms with E-state index in [2.05, 4.69) is 66.6 Å². The zero-order valence-electron chi connectivity index (χ0n) is 45.7. The quantitative estimate of drug-likeness (QED) is 0.0196. The van der Waals surface area contributed by atoms with Crippen molar-refractivity contribution in [3.05, 3.63) is 48.6 Å². The van der Waals surface area contributed by atoms with Crippen molar-refractivity contribution in [3.8, 4) is 0 Å². The third-order valence-corrected chi connectivity index (χ3v) is 13.9. The highest BCUT2D eigenvalue weighted by atomic mass is 32.3. The van der Waals surface area contributed by atoms with Crippen LogP contribution in [-0.4, -0.2) is 97.5 Å². The van der Waals surface area contributed by atoms with Gasteiger partial charge in [0, 0.05) is 13.0 Å². The summed E-state index contributed by atoms with van der Waals surface area (Å²) in [5.74, 6) is -0.409. The number of unbranched alkanes of at least 4 members (excludes halogenated alkanes) is 31. The van der Waals surface area contributed by atoms with Gasteiger partial charge in [0.1, 0.15) is 30.5 Å². The third kappa shape index (κ3) is 42.3. The van der Waals surface area contributed by atoms with Gasteiger partial charge in [0.25, 0.3) is 0 Å². The van der Waals surface area contributed by atoms with E-state index in [1.165, 1.54) is 161 Å². The van der Waals surface area contributed by atoms with Gasteiger partial charge in [-0.05, 0) is 77.0 Å². The molecule has 72 heavy (non-hydrogen) atoms. The van der Waals surface area contributed by atoms with E-state index >= 15 is 0 Å². The van der Waals surface area contributed by atoms with E-state index in [1.807, 2.05) is 0 Å². The zero-order chi connectivity index (χ0) is 52.4. The van der Waals surface area contributed by atoms with Crippen molar-refractivity contribution >= 4 is 16.4 Å². The monoisotopic (exact) mass is 1040 g/mol. The lowest BCUT2D eigenvalue weighted by Crippen LogP contribution is -2.60. The maximum atomic E-state index is 13.0. The van der Waals surface area contributed by atoms with E-state index in [9.17, 15) is 33.1 Å². The Labute approximate surface area is 440 Å². The first-order valence-electron chi connectivity index (χ1n) is 29.4. The summed E-state index contributed by atoms with van der Waals surface area (Å²) in [5, 5.41) is 30.8. The lowest BCUT2D eigenvalue weighted by atomic mass is 9.99. The number of hydrogen-bond acceptors (Lipinski definition) is 11. The Hall–Kier alpha value is -1.94. The molecule has 13 heteroatoms. The van der Waals surface area contributed by atoms with Crippen LogP contribution in [0.1, 0.15) is 258 Å². The molecule has 0 radical (unpaired) electrons. The van der Waals surface area contributed by atoms with Crippen molar-refractivity contribution in [2.75, 3.05) is 26.4 Å². The highest BCUT2D eigenvalue weighted by Gasteiger charge is 2.48. The zero-order valence-corrected chi connectivity index (χ0v) is 46.6. The van der Waals surface area contributed by atoms with Gasteiger partial charge in [-0.1, -0.05) is 223 Å². The van der Waals surface area contributed by atoms with E-state index in [-0.39, 0.29) is 19.6 Å². The molecule has 0 aromatic heterocycles. The first-order valence-corrected chi connectivity index (χ1v) is 30.8. The minimum absolute atomic E-state index is 0.0308. The summed E-state index contributed by atoms with van der Waals surface area (Å²) in [6.07, 6.45) is 54.3. The van der Waals surface area contributed by atoms with Crippen LogP contribution in [-0.2, 0) is 38.3 Å². The standard InChI is InChI=1S/C59H108O12S/c1-3-5-7-9-11-13-15-17-19-21-23-25-26-27-29-31-33-35-37-39-41-43-45-47-49-67-51-53(52-68-59-57(63)58(71-72(64,65)66)56(62)54(50-60)70-59)69-55(61)48-46-44-42-40-38-36-34-32-30-28-24-22-20-18-16-14-12-10-8-6-4-2/h16,18,21-24,30,32,53-54,56-60,62-63H,3-15,17,19-20,25-29,31,33-52H2,1-2H3,(H,64,65,66)/b18-16-,23-21-,24-22-,32-30-. The summed E-state index contributed by atoms with van der Waals surface area (Å²) in [6.45, 7) is 4.00. The summed E-state index contributed by atoms with van der Waals surface area (Å²) in [4.78, 5) is 13.0.